The first-order valence-corrected chi connectivity index (χ1v) is 6.70. The fraction of sp³-hybridized carbons (Fsp3) is 0.333. The maximum Gasteiger partial charge on any atom is 0.231 e. The third-order valence-corrected chi connectivity index (χ3v) is 2.93. The van der Waals surface area contributed by atoms with E-state index in [1.54, 1.807) is 0 Å². The highest BCUT2D eigenvalue weighted by atomic mass is 16.3. The van der Waals surface area contributed by atoms with Crippen molar-refractivity contribution in [1.29, 1.82) is 0 Å². The second-order valence-electron chi connectivity index (χ2n) is 4.59. The molecule has 0 aliphatic heterocycles. The molecule has 2 aromatic rings. The van der Waals surface area contributed by atoms with Crippen molar-refractivity contribution in [2.24, 2.45) is 0 Å². The number of rotatable bonds is 6. The summed E-state index contributed by atoms with van der Waals surface area (Å²) in [4.78, 5) is 10.9. The van der Waals surface area contributed by atoms with Crippen LogP contribution in [0.3, 0.4) is 0 Å². The third kappa shape index (κ3) is 3.68. The summed E-state index contributed by atoms with van der Waals surface area (Å²) in [6.45, 7) is 2.82. The molecule has 1 aromatic heterocycles. The van der Waals surface area contributed by atoms with Gasteiger partial charge in [0, 0.05) is 37.6 Å². The summed E-state index contributed by atoms with van der Waals surface area (Å²) in [5.41, 5.74) is 1.95. The second kappa shape index (κ2) is 6.86. The average Bonchev–Trinajstić information content (AvgIpc) is 2.47. The van der Waals surface area contributed by atoms with Crippen LogP contribution >= 0.6 is 0 Å². The standard InChI is InChI=1S/C15H20N4O/c1-12-11-14(16-9-6-10-20)18-15(17-12)19(2)13-7-4-3-5-8-13/h3-5,7-8,11,20H,6,9-10H2,1-2H3,(H,16,17,18). The van der Waals surface area contributed by atoms with Crippen LogP contribution < -0.4 is 10.2 Å². The number of aromatic nitrogens is 2. The Morgan fingerprint density at radius 1 is 1.20 bits per heavy atom. The summed E-state index contributed by atoms with van der Waals surface area (Å²) < 4.78 is 0. The first-order chi connectivity index (χ1) is 9.70. The van der Waals surface area contributed by atoms with Gasteiger partial charge in [0.15, 0.2) is 0 Å². The molecule has 2 rings (SSSR count). The molecule has 0 fully saturated rings. The Balaban J connectivity index is 2.19. The molecule has 20 heavy (non-hydrogen) atoms. The lowest BCUT2D eigenvalue weighted by Crippen LogP contribution is -2.15. The molecule has 0 saturated heterocycles. The highest BCUT2D eigenvalue weighted by molar-refractivity contribution is 5.57. The topological polar surface area (TPSA) is 61.3 Å². The van der Waals surface area contributed by atoms with Crippen molar-refractivity contribution >= 4 is 17.5 Å². The average molecular weight is 272 g/mol. The Bertz CT molecular complexity index is 545. The monoisotopic (exact) mass is 272 g/mol. The lowest BCUT2D eigenvalue weighted by atomic mass is 10.3. The highest BCUT2D eigenvalue weighted by Crippen LogP contribution is 2.21. The number of aliphatic hydroxyl groups excluding tert-OH is 1. The fourth-order valence-electron chi connectivity index (χ4n) is 1.86. The van der Waals surface area contributed by atoms with E-state index in [0.29, 0.717) is 18.9 Å². The van der Waals surface area contributed by atoms with Gasteiger partial charge in [-0.3, -0.25) is 0 Å². The molecule has 2 N–H and O–H groups in total. The van der Waals surface area contributed by atoms with Gasteiger partial charge in [-0.25, -0.2) is 4.98 Å². The molecular weight excluding hydrogens is 252 g/mol. The Labute approximate surface area is 119 Å². The number of hydrogen-bond donors (Lipinski definition) is 2. The second-order valence-corrected chi connectivity index (χ2v) is 4.59. The van der Waals surface area contributed by atoms with Crippen LogP contribution in [0.25, 0.3) is 0 Å². The van der Waals surface area contributed by atoms with Gasteiger partial charge >= 0.3 is 0 Å². The zero-order valence-electron chi connectivity index (χ0n) is 11.9. The molecule has 0 spiro atoms. The van der Waals surface area contributed by atoms with Crippen LogP contribution in [-0.2, 0) is 0 Å². The molecule has 0 radical (unpaired) electrons. The first-order valence-electron chi connectivity index (χ1n) is 6.70. The van der Waals surface area contributed by atoms with Gasteiger partial charge in [-0.1, -0.05) is 18.2 Å². The van der Waals surface area contributed by atoms with Gasteiger partial charge in [-0.15, -0.1) is 0 Å². The van der Waals surface area contributed by atoms with Gasteiger partial charge in [0.25, 0.3) is 0 Å². The van der Waals surface area contributed by atoms with E-state index >= 15 is 0 Å². The van der Waals surface area contributed by atoms with Gasteiger partial charge in [0.1, 0.15) is 5.82 Å². The van der Waals surface area contributed by atoms with Gasteiger partial charge in [0.05, 0.1) is 0 Å². The molecule has 1 aromatic carbocycles. The molecule has 0 unspecified atom stereocenters. The van der Waals surface area contributed by atoms with Crippen molar-refractivity contribution < 1.29 is 5.11 Å². The summed E-state index contributed by atoms with van der Waals surface area (Å²) in [6, 6.07) is 11.9. The summed E-state index contributed by atoms with van der Waals surface area (Å²) >= 11 is 0. The summed E-state index contributed by atoms with van der Waals surface area (Å²) in [5.74, 6) is 1.44. The fourth-order valence-corrected chi connectivity index (χ4v) is 1.86. The zero-order chi connectivity index (χ0) is 14.4. The maximum atomic E-state index is 8.81. The number of aliphatic hydroxyl groups is 1. The van der Waals surface area contributed by atoms with Crippen LogP contribution in [0, 0.1) is 6.92 Å². The van der Waals surface area contributed by atoms with Gasteiger partial charge < -0.3 is 15.3 Å². The number of para-hydroxylation sites is 1. The number of nitrogens with zero attached hydrogens (tertiary/aromatic N) is 3. The molecule has 0 aliphatic rings. The number of anilines is 3. The largest absolute Gasteiger partial charge is 0.396 e. The Morgan fingerprint density at radius 2 is 1.95 bits per heavy atom. The molecule has 0 atom stereocenters. The van der Waals surface area contributed by atoms with Crippen molar-refractivity contribution in [1.82, 2.24) is 9.97 Å². The lowest BCUT2D eigenvalue weighted by Gasteiger charge is -2.18. The van der Waals surface area contributed by atoms with Crippen LogP contribution in [0.5, 0.6) is 0 Å². The zero-order valence-corrected chi connectivity index (χ0v) is 11.9. The van der Waals surface area contributed by atoms with E-state index in [0.717, 1.165) is 17.2 Å². The van der Waals surface area contributed by atoms with E-state index in [9.17, 15) is 0 Å². The van der Waals surface area contributed by atoms with Gasteiger partial charge in [-0.2, -0.15) is 4.98 Å². The van der Waals surface area contributed by atoms with Gasteiger partial charge in [-0.05, 0) is 25.5 Å². The molecule has 0 saturated carbocycles. The summed E-state index contributed by atoms with van der Waals surface area (Å²) in [5, 5.41) is 12.0. The van der Waals surface area contributed by atoms with Crippen molar-refractivity contribution in [2.45, 2.75) is 13.3 Å². The summed E-state index contributed by atoms with van der Waals surface area (Å²) in [6.07, 6.45) is 0.701. The Morgan fingerprint density at radius 3 is 2.65 bits per heavy atom. The molecule has 5 heteroatoms. The molecule has 106 valence electrons. The molecule has 0 aliphatic carbocycles. The third-order valence-electron chi connectivity index (χ3n) is 2.93. The Kier molecular flexibility index (Phi) is 4.90. The van der Waals surface area contributed by atoms with Crippen molar-refractivity contribution in [3.8, 4) is 0 Å². The highest BCUT2D eigenvalue weighted by Gasteiger charge is 2.08. The van der Waals surface area contributed by atoms with Crippen molar-refractivity contribution in [3.05, 3.63) is 42.1 Å². The van der Waals surface area contributed by atoms with E-state index in [4.69, 9.17) is 5.11 Å². The van der Waals surface area contributed by atoms with Crippen LogP contribution in [0.4, 0.5) is 17.5 Å². The van der Waals surface area contributed by atoms with E-state index in [1.807, 2.05) is 55.3 Å². The van der Waals surface area contributed by atoms with Crippen LogP contribution in [0.15, 0.2) is 36.4 Å². The maximum absolute atomic E-state index is 8.81. The van der Waals surface area contributed by atoms with Crippen molar-refractivity contribution in [3.63, 3.8) is 0 Å². The quantitative estimate of drug-likeness (QED) is 0.790. The number of nitrogens with one attached hydrogen (secondary N) is 1. The number of hydrogen-bond acceptors (Lipinski definition) is 5. The van der Waals surface area contributed by atoms with E-state index in [-0.39, 0.29) is 6.61 Å². The molecule has 0 bridgehead atoms. The molecule has 0 amide bonds. The minimum atomic E-state index is 0.174. The normalized spacial score (nSPS) is 10.3. The molecular formula is C15H20N4O. The predicted molar refractivity (Wildman–Crippen MR) is 81.5 cm³/mol. The van der Waals surface area contributed by atoms with E-state index < -0.39 is 0 Å². The van der Waals surface area contributed by atoms with E-state index in [1.165, 1.54) is 0 Å². The SMILES string of the molecule is Cc1cc(NCCCO)nc(N(C)c2ccccc2)n1. The van der Waals surface area contributed by atoms with Crippen LogP contribution in [0.2, 0.25) is 0 Å². The number of benzene rings is 1. The minimum absolute atomic E-state index is 0.174. The predicted octanol–water partition coefficient (Wildman–Crippen LogP) is 2.35. The number of aryl methyl sites for hydroxylation is 1. The van der Waals surface area contributed by atoms with Gasteiger partial charge in [0.2, 0.25) is 5.95 Å². The first kappa shape index (κ1) is 14.3. The van der Waals surface area contributed by atoms with Crippen molar-refractivity contribution in [2.75, 3.05) is 30.4 Å². The van der Waals surface area contributed by atoms with Crippen LogP contribution in [0.1, 0.15) is 12.1 Å². The molecule has 1 heterocycles. The van der Waals surface area contributed by atoms with Crippen LogP contribution in [-0.4, -0.2) is 35.3 Å². The molecule has 5 nitrogen and oxygen atoms in total. The smallest absolute Gasteiger partial charge is 0.231 e. The summed E-state index contributed by atoms with van der Waals surface area (Å²) in [7, 11) is 1.95. The Hall–Kier alpha value is -2.14. The lowest BCUT2D eigenvalue weighted by molar-refractivity contribution is 0.292. The van der Waals surface area contributed by atoms with E-state index in [2.05, 4.69) is 15.3 Å². The minimum Gasteiger partial charge on any atom is -0.396 e.